The number of methoxy groups -OCH3 is 1. The van der Waals surface area contributed by atoms with Crippen LogP contribution in [0.5, 0.6) is 11.5 Å². The minimum Gasteiger partial charge on any atom is -0.493 e. The van der Waals surface area contributed by atoms with Gasteiger partial charge in [0.1, 0.15) is 5.82 Å². The fourth-order valence-corrected chi connectivity index (χ4v) is 2.99. The number of hydrogen-bond acceptors (Lipinski definition) is 5. The molecule has 7 heteroatoms. The van der Waals surface area contributed by atoms with Gasteiger partial charge in [0, 0.05) is 25.8 Å². The summed E-state index contributed by atoms with van der Waals surface area (Å²) in [5, 5.41) is 7.23. The van der Waals surface area contributed by atoms with Crippen LogP contribution in [0.15, 0.2) is 54.7 Å². The summed E-state index contributed by atoms with van der Waals surface area (Å²) < 4.78 is 12.8. The molecule has 0 saturated carbocycles. The average Bonchev–Trinajstić information content (AvgIpc) is 3.15. The minimum atomic E-state index is -0.134. The Labute approximate surface area is 177 Å². The summed E-state index contributed by atoms with van der Waals surface area (Å²) in [6.45, 7) is 2.82. The first-order chi connectivity index (χ1) is 14.5. The summed E-state index contributed by atoms with van der Waals surface area (Å²) in [4.78, 5) is 14.4. The molecule has 1 amide bonds. The second-order valence-electron chi connectivity index (χ2n) is 7.24. The Bertz CT molecular complexity index is 980. The first kappa shape index (κ1) is 21.2. The van der Waals surface area contributed by atoms with Crippen molar-refractivity contribution >= 4 is 17.4 Å². The lowest BCUT2D eigenvalue weighted by Gasteiger charge is -2.14. The monoisotopic (exact) mass is 408 g/mol. The van der Waals surface area contributed by atoms with Crippen molar-refractivity contribution in [3.63, 3.8) is 0 Å². The predicted octanol–water partition coefficient (Wildman–Crippen LogP) is 3.72. The third kappa shape index (κ3) is 5.53. The molecular weight excluding hydrogens is 380 g/mol. The maximum atomic E-state index is 12.4. The lowest BCUT2D eigenvalue weighted by molar-refractivity contribution is -0.116. The Kier molecular flexibility index (Phi) is 6.95. The van der Waals surface area contributed by atoms with Gasteiger partial charge in [0.15, 0.2) is 11.5 Å². The molecule has 0 aliphatic rings. The molecule has 0 unspecified atom stereocenters. The van der Waals surface area contributed by atoms with Gasteiger partial charge in [-0.1, -0.05) is 18.2 Å². The average molecular weight is 409 g/mol. The van der Waals surface area contributed by atoms with Crippen molar-refractivity contribution < 1.29 is 14.3 Å². The van der Waals surface area contributed by atoms with Crippen molar-refractivity contribution in [3.05, 3.63) is 65.9 Å². The maximum Gasteiger partial charge on any atom is 0.228 e. The van der Waals surface area contributed by atoms with Gasteiger partial charge in [-0.15, -0.1) is 0 Å². The van der Waals surface area contributed by atoms with Crippen LogP contribution in [0.4, 0.5) is 11.5 Å². The third-order valence-corrected chi connectivity index (χ3v) is 4.67. The third-order valence-electron chi connectivity index (χ3n) is 4.67. The van der Waals surface area contributed by atoms with Crippen LogP contribution in [0.1, 0.15) is 17.5 Å². The number of nitrogens with one attached hydrogen (secondary N) is 1. The van der Waals surface area contributed by atoms with Crippen molar-refractivity contribution in [1.82, 2.24) is 9.78 Å². The molecule has 2 aromatic carbocycles. The maximum absolute atomic E-state index is 12.4. The molecule has 1 aromatic heterocycles. The van der Waals surface area contributed by atoms with Gasteiger partial charge in [0.2, 0.25) is 5.91 Å². The van der Waals surface area contributed by atoms with Gasteiger partial charge in [-0.25, -0.2) is 4.68 Å². The number of aromatic nitrogens is 2. The number of rotatable bonds is 9. The van der Waals surface area contributed by atoms with E-state index < -0.39 is 0 Å². The van der Waals surface area contributed by atoms with Crippen LogP contribution >= 0.6 is 0 Å². The van der Waals surface area contributed by atoms with Crippen LogP contribution < -0.4 is 19.7 Å². The van der Waals surface area contributed by atoms with Gasteiger partial charge in [-0.05, 0) is 42.3 Å². The lowest BCUT2D eigenvalue weighted by Crippen LogP contribution is -2.18. The molecule has 3 rings (SSSR count). The number of amides is 1. The molecule has 3 aromatic rings. The van der Waals surface area contributed by atoms with Gasteiger partial charge in [-0.2, -0.15) is 5.10 Å². The zero-order valence-corrected chi connectivity index (χ0v) is 17.9. The van der Waals surface area contributed by atoms with Gasteiger partial charge in [0.05, 0.1) is 32.9 Å². The van der Waals surface area contributed by atoms with Crippen LogP contribution in [-0.4, -0.2) is 43.5 Å². The summed E-state index contributed by atoms with van der Waals surface area (Å²) in [5.74, 6) is 1.81. The van der Waals surface area contributed by atoms with Crippen molar-refractivity contribution in [1.29, 1.82) is 0 Å². The van der Waals surface area contributed by atoms with Crippen LogP contribution in [0.25, 0.3) is 0 Å². The SMILES string of the molecule is COc1cc(C)ccc1OCCC(=O)Nc1ccnn1Cc1ccc(N(C)C)cc1. The number of carbonyl (C=O) groups is 1. The molecular formula is C23H28N4O3. The molecule has 7 nitrogen and oxygen atoms in total. The highest BCUT2D eigenvalue weighted by Gasteiger charge is 2.10. The molecule has 0 saturated heterocycles. The lowest BCUT2D eigenvalue weighted by atomic mass is 10.2. The zero-order valence-electron chi connectivity index (χ0n) is 17.9. The molecule has 30 heavy (non-hydrogen) atoms. The number of aryl methyl sites for hydroxylation is 1. The Morgan fingerprint density at radius 2 is 1.87 bits per heavy atom. The summed E-state index contributed by atoms with van der Waals surface area (Å²) in [5.41, 5.74) is 3.33. The summed E-state index contributed by atoms with van der Waals surface area (Å²) in [6, 6.07) is 15.7. The fourth-order valence-electron chi connectivity index (χ4n) is 2.99. The van der Waals surface area contributed by atoms with E-state index in [4.69, 9.17) is 9.47 Å². The predicted molar refractivity (Wildman–Crippen MR) is 119 cm³/mol. The van der Waals surface area contributed by atoms with E-state index in [2.05, 4.69) is 39.6 Å². The van der Waals surface area contributed by atoms with Crippen molar-refractivity contribution in [3.8, 4) is 11.5 Å². The highest BCUT2D eigenvalue weighted by atomic mass is 16.5. The molecule has 158 valence electrons. The highest BCUT2D eigenvalue weighted by Crippen LogP contribution is 2.27. The second-order valence-corrected chi connectivity index (χ2v) is 7.24. The number of anilines is 2. The molecule has 0 radical (unpaired) electrons. The van der Waals surface area contributed by atoms with Crippen LogP contribution in [0.3, 0.4) is 0 Å². The number of nitrogens with zero attached hydrogens (tertiary/aromatic N) is 3. The van der Waals surface area contributed by atoms with Crippen molar-refractivity contribution in [2.24, 2.45) is 0 Å². The highest BCUT2D eigenvalue weighted by molar-refractivity contribution is 5.89. The van der Waals surface area contributed by atoms with Crippen LogP contribution in [-0.2, 0) is 11.3 Å². The smallest absolute Gasteiger partial charge is 0.228 e. The minimum absolute atomic E-state index is 0.134. The van der Waals surface area contributed by atoms with E-state index in [9.17, 15) is 4.79 Å². The molecule has 1 N–H and O–H groups in total. The summed E-state index contributed by atoms with van der Waals surface area (Å²) in [7, 11) is 5.62. The molecule has 0 fully saturated rings. The summed E-state index contributed by atoms with van der Waals surface area (Å²) >= 11 is 0. The Morgan fingerprint density at radius 1 is 1.10 bits per heavy atom. The van der Waals surface area contributed by atoms with E-state index in [1.807, 2.05) is 39.2 Å². The Balaban J connectivity index is 1.53. The van der Waals surface area contributed by atoms with E-state index in [0.29, 0.717) is 23.9 Å². The molecule has 0 aliphatic heterocycles. The van der Waals surface area contributed by atoms with E-state index in [0.717, 1.165) is 16.8 Å². The molecule has 1 heterocycles. The van der Waals surface area contributed by atoms with Crippen molar-refractivity contribution in [2.45, 2.75) is 19.9 Å². The van der Waals surface area contributed by atoms with E-state index in [1.54, 1.807) is 24.1 Å². The van der Waals surface area contributed by atoms with Crippen LogP contribution in [0.2, 0.25) is 0 Å². The largest absolute Gasteiger partial charge is 0.493 e. The Hall–Kier alpha value is -3.48. The fraction of sp³-hybridized carbons (Fsp3) is 0.304. The first-order valence-electron chi connectivity index (χ1n) is 9.81. The van der Waals surface area contributed by atoms with Gasteiger partial charge >= 0.3 is 0 Å². The van der Waals surface area contributed by atoms with E-state index in [1.165, 1.54) is 0 Å². The summed E-state index contributed by atoms with van der Waals surface area (Å²) in [6.07, 6.45) is 1.90. The first-order valence-corrected chi connectivity index (χ1v) is 9.81. The van der Waals surface area contributed by atoms with Crippen molar-refractivity contribution in [2.75, 3.05) is 38.0 Å². The van der Waals surface area contributed by atoms with Gasteiger partial charge < -0.3 is 19.7 Å². The molecule has 0 aliphatic carbocycles. The van der Waals surface area contributed by atoms with Gasteiger partial charge in [0.25, 0.3) is 0 Å². The van der Waals surface area contributed by atoms with E-state index >= 15 is 0 Å². The number of carbonyl (C=O) groups excluding carboxylic acids is 1. The standard InChI is InChI=1S/C23H28N4O3/c1-17-5-10-20(21(15-17)29-4)30-14-12-23(28)25-22-11-13-24-27(22)16-18-6-8-19(9-7-18)26(2)3/h5-11,13,15H,12,14,16H2,1-4H3,(H,25,28). The van der Waals surface area contributed by atoms with Crippen LogP contribution in [0, 0.1) is 6.92 Å². The van der Waals surface area contributed by atoms with Gasteiger partial charge in [-0.3, -0.25) is 4.79 Å². The van der Waals surface area contributed by atoms with E-state index in [-0.39, 0.29) is 18.9 Å². The number of ether oxygens (including phenoxy) is 2. The molecule has 0 atom stereocenters. The number of hydrogen-bond donors (Lipinski definition) is 1. The Morgan fingerprint density at radius 3 is 2.57 bits per heavy atom. The second kappa shape index (κ2) is 9.82. The zero-order chi connectivity index (χ0) is 21.5. The normalized spacial score (nSPS) is 10.5. The number of benzene rings is 2. The topological polar surface area (TPSA) is 68.6 Å². The molecule has 0 spiro atoms. The quantitative estimate of drug-likeness (QED) is 0.584. The molecule has 0 bridgehead atoms.